The van der Waals surface area contributed by atoms with Gasteiger partial charge < -0.3 is 9.84 Å². The van der Waals surface area contributed by atoms with E-state index in [9.17, 15) is 9.59 Å². The number of carbonyl (C=O) groups is 2. The van der Waals surface area contributed by atoms with Crippen LogP contribution in [0.25, 0.3) is 22.5 Å². The first-order valence-corrected chi connectivity index (χ1v) is 9.21. The first-order valence-electron chi connectivity index (χ1n) is 9.21. The maximum Gasteiger partial charge on any atom is 0.335 e. The zero-order chi connectivity index (χ0) is 20.9. The minimum absolute atomic E-state index is 0. The molecule has 1 N–H and O–H groups in total. The van der Waals surface area contributed by atoms with E-state index < -0.39 is 5.97 Å². The molecule has 0 aliphatic rings. The number of benzene rings is 2. The Bertz CT molecular complexity index is 1180. The van der Waals surface area contributed by atoms with Crippen molar-refractivity contribution in [3.8, 4) is 28.3 Å². The number of pyridine rings is 2. The van der Waals surface area contributed by atoms with Crippen LogP contribution in [-0.4, -0.2) is 17.5 Å². The highest BCUT2D eigenvalue weighted by molar-refractivity contribution is 5.87. The van der Waals surface area contributed by atoms with Gasteiger partial charge in [0.1, 0.15) is 5.75 Å². The highest BCUT2D eigenvalue weighted by atomic mass is 35.5. The number of hydrogen-bond donors (Lipinski definition) is 1. The molecule has 8 heteroatoms. The lowest BCUT2D eigenvalue weighted by molar-refractivity contribution is -0.596. The molecule has 0 aliphatic carbocycles. The topological polar surface area (TPSA) is 71.4 Å². The SMILES string of the molecule is Cl.Cl.O=COc1ccc(-[n+]2ccc(-c3cc[n+](-c4ccc(C(=O)O)cc4)cc3)cc2)cc1. The van der Waals surface area contributed by atoms with E-state index in [-0.39, 0.29) is 30.4 Å². The summed E-state index contributed by atoms with van der Waals surface area (Å²) < 4.78 is 8.72. The van der Waals surface area contributed by atoms with Crippen LogP contribution < -0.4 is 13.9 Å². The summed E-state index contributed by atoms with van der Waals surface area (Å²) in [7, 11) is 0. The number of rotatable bonds is 6. The normalized spacial score (nSPS) is 9.75. The Morgan fingerprint density at radius 3 is 1.47 bits per heavy atom. The Hall–Kier alpha value is -3.74. The summed E-state index contributed by atoms with van der Waals surface area (Å²) in [6, 6.07) is 22.0. The van der Waals surface area contributed by atoms with Crippen molar-refractivity contribution >= 4 is 37.3 Å². The summed E-state index contributed by atoms with van der Waals surface area (Å²) in [4.78, 5) is 21.4. The fraction of sp³-hybridized carbons (Fsp3) is 0. The van der Waals surface area contributed by atoms with Crippen LogP contribution in [0.2, 0.25) is 0 Å². The third-order valence-electron chi connectivity index (χ3n) is 4.72. The number of ether oxygens (including phenoxy) is 1. The third kappa shape index (κ3) is 5.49. The van der Waals surface area contributed by atoms with E-state index in [0.717, 1.165) is 22.5 Å². The lowest BCUT2D eigenvalue weighted by Gasteiger charge is -2.02. The number of aromatic nitrogens is 2. The Balaban J connectivity index is 0.00000181. The van der Waals surface area contributed by atoms with Crippen LogP contribution in [0.4, 0.5) is 0 Å². The van der Waals surface area contributed by atoms with Crippen LogP contribution in [0.3, 0.4) is 0 Å². The second-order valence-corrected chi connectivity index (χ2v) is 6.55. The maximum absolute atomic E-state index is 11.0. The summed E-state index contributed by atoms with van der Waals surface area (Å²) in [5.41, 5.74) is 4.24. The monoisotopic (exact) mass is 470 g/mol. The molecule has 4 rings (SSSR count). The van der Waals surface area contributed by atoms with Crippen LogP contribution in [0, 0.1) is 0 Å². The van der Waals surface area contributed by atoms with Crippen LogP contribution in [0.15, 0.2) is 97.6 Å². The van der Waals surface area contributed by atoms with Crippen molar-refractivity contribution in [3.63, 3.8) is 0 Å². The molecule has 32 heavy (non-hydrogen) atoms. The Kier molecular flexibility index (Phi) is 8.46. The van der Waals surface area contributed by atoms with Crippen LogP contribution >= 0.6 is 24.8 Å². The average Bonchev–Trinajstić information content (AvgIpc) is 2.80. The van der Waals surface area contributed by atoms with Gasteiger partial charge in [0, 0.05) is 48.5 Å². The van der Waals surface area contributed by atoms with Gasteiger partial charge in [0.05, 0.1) is 5.56 Å². The van der Waals surface area contributed by atoms with Crippen molar-refractivity contribution in [2.75, 3.05) is 0 Å². The summed E-state index contributed by atoms with van der Waals surface area (Å²) in [6.45, 7) is 0.408. The zero-order valence-electron chi connectivity index (χ0n) is 16.7. The number of aromatic carboxylic acids is 1. The molecule has 0 saturated heterocycles. The van der Waals surface area contributed by atoms with E-state index in [0.29, 0.717) is 12.2 Å². The molecule has 0 spiro atoms. The molecule has 4 aromatic rings. The fourth-order valence-electron chi connectivity index (χ4n) is 3.11. The van der Waals surface area contributed by atoms with Gasteiger partial charge in [0.15, 0.2) is 24.8 Å². The van der Waals surface area contributed by atoms with E-state index in [1.54, 1.807) is 36.4 Å². The molecule has 0 unspecified atom stereocenters. The third-order valence-corrected chi connectivity index (χ3v) is 4.72. The zero-order valence-corrected chi connectivity index (χ0v) is 18.3. The summed E-state index contributed by atoms with van der Waals surface area (Å²) in [6.07, 6.45) is 7.82. The van der Waals surface area contributed by atoms with Crippen LogP contribution in [0.5, 0.6) is 5.75 Å². The fourth-order valence-corrected chi connectivity index (χ4v) is 3.11. The van der Waals surface area contributed by atoms with E-state index in [1.807, 2.05) is 70.3 Å². The molecule has 0 fully saturated rings. The molecule has 2 aromatic carbocycles. The van der Waals surface area contributed by atoms with Crippen molar-refractivity contribution in [2.24, 2.45) is 0 Å². The number of hydrogen-bond acceptors (Lipinski definition) is 3. The number of carboxylic acid groups (broad SMARTS) is 1. The van der Waals surface area contributed by atoms with Crippen molar-refractivity contribution in [1.82, 2.24) is 0 Å². The molecule has 0 saturated carbocycles. The van der Waals surface area contributed by atoms with Crippen LogP contribution in [-0.2, 0) is 4.79 Å². The summed E-state index contributed by atoms with van der Waals surface area (Å²) >= 11 is 0. The largest absolute Gasteiger partial charge is 0.478 e. The van der Waals surface area contributed by atoms with E-state index >= 15 is 0 Å². The predicted molar refractivity (Wildman–Crippen MR) is 123 cm³/mol. The number of nitrogens with zero attached hydrogens (tertiary/aromatic N) is 2. The molecule has 2 aromatic heterocycles. The molecule has 162 valence electrons. The van der Waals surface area contributed by atoms with Gasteiger partial charge >= 0.3 is 5.97 Å². The number of carbonyl (C=O) groups excluding carboxylic acids is 1. The Morgan fingerprint density at radius 2 is 1.09 bits per heavy atom. The molecule has 0 radical (unpaired) electrons. The highest BCUT2D eigenvalue weighted by Gasteiger charge is 2.11. The molecule has 2 heterocycles. The van der Waals surface area contributed by atoms with Gasteiger partial charge in [-0.15, -0.1) is 24.8 Å². The Morgan fingerprint density at radius 1 is 0.688 bits per heavy atom. The minimum atomic E-state index is -0.937. The molecule has 0 bridgehead atoms. The van der Waals surface area contributed by atoms with E-state index in [1.165, 1.54) is 0 Å². The molecule has 0 amide bonds. The predicted octanol–water partition coefficient (Wildman–Crippen LogP) is 3.98. The maximum atomic E-state index is 11.0. The van der Waals surface area contributed by atoms with Gasteiger partial charge in [-0.3, -0.25) is 4.79 Å². The van der Waals surface area contributed by atoms with Gasteiger partial charge in [0.2, 0.25) is 11.4 Å². The molecule has 6 nitrogen and oxygen atoms in total. The first kappa shape index (κ1) is 24.5. The van der Waals surface area contributed by atoms with Crippen molar-refractivity contribution < 1.29 is 28.6 Å². The quantitative estimate of drug-likeness (QED) is 0.341. The highest BCUT2D eigenvalue weighted by Crippen LogP contribution is 2.17. The van der Waals surface area contributed by atoms with Gasteiger partial charge in [-0.2, -0.15) is 9.13 Å². The molecule has 0 aliphatic heterocycles. The molecular weight excluding hydrogens is 451 g/mol. The van der Waals surface area contributed by atoms with Crippen LogP contribution in [0.1, 0.15) is 10.4 Å². The lowest BCUT2D eigenvalue weighted by atomic mass is 10.1. The van der Waals surface area contributed by atoms with Crippen molar-refractivity contribution in [3.05, 3.63) is 103 Å². The summed E-state index contributed by atoms with van der Waals surface area (Å²) in [5.74, 6) is -0.436. The second-order valence-electron chi connectivity index (χ2n) is 6.55. The van der Waals surface area contributed by atoms with Gasteiger partial charge in [-0.1, -0.05) is 0 Å². The van der Waals surface area contributed by atoms with Crippen molar-refractivity contribution in [1.29, 1.82) is 0 Å². The number of halogens is 2. The smallest absolute Gasteiger partial charge is 0.335 e. The van der Waals surface area contributed by atoms with Gasteiger partial charge in [-0.25, -0.2) is 4.79 Å². The minimum Gasteiger partial charge on any atom is -0.478 e. The Labute approximate surface area is 197 Å². The standard InChI is InChI=1S/C24H17N2O4.2ClH/c27-17-30-23-7-5-22(6-8-23)26-15-11-19(12-16-26)18-9-13-25(14-10-18)21-3-1-20(2-4-21)24(28)29;;/h1-17H;2*1H/q+1;;/p+1. The molecular formula is C24H20Cl2N2O4+2. The first-order chi connectivity index (χ1) is 14.6. The molecule has 0 atom stereocenters. The van der Waals surface area contributed by atoms with Crippen molar-refractivity contribution in [2.45, 2.75) is 0 Å². The summed E-state index contributed by atoms with van der Waals surface area (Å²) in [5, 5.41) is 9.01. The van der Waals surface area contributed by atoms with Gasteiger partial charge in [-0.05, 0) is 35.4 Å². The number of carboxylic acids is 1. The van der Waals surface area contributed by atoms with E-state index in [2.05, 4.69) is 0 Å². The lowest BCUT2D eigenvalue weighted by Crippen LogP contribution is -2.29. The average molecular weight is 471 g/mol. The second kappa shape index (κ2) is 11.0. The van der Waals surface area contributed by atoms with Gasteiger partial charge in [0.25, 0.3) is 6.47 Å². The van der Waals surface area contributed by atoms with E-state index in [4.69, 9.17) is 9.84 Å².